The zero-order valence-electron chi connectivity index (χ0n) is 16.3. The van der Waals surface area contributed by atoms with Gasteiger partial charge in [0.2, 0.25) is 0 Å². The lowest BCUT2D eigenvalue weighted by Gasteiger charge is -2.37. The Morgan fingerprint density at radius 1 is 1.00 bits per heavy atom. The number of thioether (sulfide) groups is 1. The minimum absolute atomic E-state index is 0.0429. The second kappa shape index (κ2) is 8.97. The summed E-state index contributed by atoms with van der Waals surface area (Å²) in [5.41, 5.74) is 1.73. The molecule has 1 amide bonds. The average molecular weight is 412 g/mol. The van der Waals surface area contributed by atoms with Crippen LogP contribution in [0, 0.1) is 10.1 Å². The zero-order valence-corrected chi connectivity index (χ0v) is 17.1. The zero-order chi connectivity index (χ0) is 20.2. The Kier molecular flexibility index (Phi) is 6.16. The van der Waals surface area contributed by atoms with Crippen molar-refractivity contribution in [3.8, 4) is 0 Å². The molecule has 0 spiro atoms. The third-order valence-electron chi connectivity index (χ3n) is 5.61. The van der Waals surface area contributed by atoms with Crippen LogP contribution in [0.5, 0.6) is 0 Å². The van der Waals surface area contributed by atoms with E-state index in [1.807, 2.05) is 29.2 Å². The number of rotatable bonds is 6. The van der Waals surface area contributed by atoms with Crippen LogP contribution in [0.2, 0.25) is 0 Å². The highest BCUT2D eigenvalue weighted by atomic mass is 32.2. The van der Waals surface area contributed by atoms with E-state index in [0.717, 1.165) is 42.1 Å². The molecule has 6 nitrogen and oxygen atoms in total. The predicted octanol–water partition coefficient (Wildman–Crippen LogP) is 4.72. The van der Waals surface area contributed by atoms with Crippen molar-refractivity contribution >= 4 is 23.4 Å². The summed E-state index contributed by atoms with van der Waals surface area (Å²) in [5, 5.41) is 10.8. The van der Waals surface area contributed by atoms with E-state index in [-0.39, 0.29) is 17.0 Å². The van der Waals surface area contributed by atoms with Gasteiger partial charge in [0.05, 0.1) is 10.5 Å². The third-order valence-corrected chi connectivity index (χ3v) is 6.97. The molecule has 0 aliphatic carbocycles. The van der Waals surface area contributed by atoms with E-state index in [2.05, 4.69) is 4.90 Å². The van der Waals surface area contributed by atoms with E-state index < -0.39 is 4.92 Å². The van der Waals surface area contributed by atoms with Crippen LogP contribution < -0.4 is 0 Å². The summed E-state index contributed by atoms with van der Waals surface area (Å²) in [6.45, 7) is 3.98. The van der Waals surface area contributed by atoms with Crippen molar-refractivity contribution in [1.29, 1.82) is 0 Å². The van der Waals surface area contributed by atoms with Crippen LogP contribution in [0.15, 0.2) is 53.4 Å². The number of carbonyl (C=O) groups is 1. The van der Waals surface area contributed by atoms with E-state index in [9.17, 15) is 14.9 Å². The number of likely N-dealkylation sites (tertiary alicyclic amines) is 1. The molecule has 2 aliphatic heterocycles. The first-order valence-corrected chi connectivity index (χ1v) is 11.0. The molecule has 2 aliphatic rings. The smallest absolute Gasteiger partial charge is 0.269 e. The van der Waals surface area contributed by atoms with Crippen LogP contribution in [0.4, 0.5) is 5.69 Å². The first-order valence-electron chi connectivity index (χ1n) is 10.2. The second-order valence-corrected chi connectivity index (χ2v) is 8.69. The summed E-state index contributed by atoms with van der Waals surface area (Å²) in [6, 6.07) is 14.3. The van der Waals surface area contributed by atoms with Crippen molar-refractivity contribution in [1.82, 2.24) is 9.80 Å². The highest BCUT2D eigenvalue weighted by Gasteiger charge is 2.33. The maximum Gasteiger partial charge on any atom is 0.269 e. The maximum absolute atomic E-state index is 13.2. The molecule has 1 fully saturated rings. The molecular formula is C22H25N3O3S. The Morgan fingerprint density at radius 3 is 2.45 bits per heavy atom. The molecule has 1 unspecified atom stereocenters. The van der Waals surface area contributed by atoms with Gasteiger partial charge in [0.1, 0.15) is 5.37 Å². The van der Waals surface area contributed by atoms with Crippen LogP contribution in [-0.4, -0.2) is 46.8 Å². The molecule has 0 N–H and O–H groups in total. The number of hydrogen-bond donors (Lipinski definition) is 0. The van der Waals surface area contributed by atoms with Crippen LogP contribution >= 0.6 is 11.8 Å². The van der Waals surface area contributed by atoms with E-state index in [1.54, 1.807) is 23.9 Å². The number of non-ortho nitro benzene ring substituents is 1. The van der Waals surface area contributed by atoms with Gasteiger partial charge in [0, 0.05) is 23.6 Å². The third kappa shape index (κ3) is 4.46. The van der Waals surface area contributed by atoms with Crippen molar-refractivity contribution in [3.05, 3.63) is 69.8 Å². The van der Waals surface area contributed by atoms with Gasteiger partial charge in [-0.1, -0.05) is 30.3 Å². The van der Waals surface area contributed by atoms with E-state index in [4.69, 9.17) is 0 Å². The van der Waals surface area contributed by atoms with Crippen molar-refractivity contribution in [2.24, 2.45) is 0 Å². The Balaban J connectivity index is 1.54. The number of nitro groups is 1. The number of fused-ring (bicyclic) bond motifs is 1. The lowest BCUT2D eigenvalue weighted by Crippen LogP contribution is -2.39. The summed E-state index contributed by atoms with van der Waals surface area (Å²) >= 11 is 1.64. The SMILES string of the molecule is O=C1c2ccccc2SC(c2ccc([N+](=O)[O-])cc2)N1CCCN1CCCCC1. The number of benzene rings is 2. The topological polar surface area (TPSA) is 66.7 Å². The van der Waals surface area contributed by atoms with Crippen molar-refractivity contribution < 1.29 is 9.72 Å². The van der Waals surface area contributed by atoms with Crippen LogP contribution in [0.1, 0.15) is 47.0 Å². The van der Waals surface area contributed by atoms with Crippen LogP contribution in [0.3, 0.4) is 0 Å². The predicted molar refractivity (Wildman–Crippen MR) is 114 cm³/mol. The number of nitrogens with zero attached hydrogens (tertiary/aromatic N) is 3. The number of carbonyl (C=O) groups excluding carboxylic acids is 1. The molecule has 2 aromatic rings. The molecule has 7 heteroatoms. The number of hydrogen-bond acceptors (Lipinski definition) is 5. The monoisotopic (exact) mass is 411 g/mol. The van der Waals surface area contributed by atoms with Gasteiger partial charge >= 0.3 is 0 Å². The fraction of sp³-hybridized carbons (Fsp3) is 0.409. The summed E-state index contributed by atoms with van der Waals surface area (Å²) in [7, 11) is 0. The molecule has 1 atom stereocenters. The highest BCUT2D eigenvalue weighted by Crippen LogP contribution is 2.44. The summed E-state index contributed by atoms with van der Waals surface area (Å²) in [6.07, 6.45) is 4.77. The largest absolute Gasteiger partial charge is 0.322 e. The maximum atomic E-state index is 13.2. The van der Waals surface area contributed by atoms with Crippen molar-refractivity contribution in [2.45, 2.75) is 36.0 Å². The first kappa shape index (κ1) is 19.9. The standard InChI is InChI=1S/C22H25N3O3S/c26-21-19-7-2-3-8-20(19)29-22(17-9-11-18(12-10-17)25(27)28)24(21)16-6-15-23-13-4-1-5-14-23/h2-3,7-12,22H,1,4-6,13-16H2. The van der Waals surface area contributed by atoms with Gasteiger partial charge in [0.15, 0.2) is 0 Å². The Hall–Kier alpha value is -2.38. The van der Waals surface area contributed by atoms with Gasteiger partial charge in [-0.05, 0) is 68.7 Å². The van der Waals surface area contributed by atoms with Gasteiger partial charge in [-0.15, -0.1) is 0 Å². The Bertz CT molecular complexity index is 881. The lowest BCUT2D eigenvalue weighted by atomic mass is 10.1. The van der Waals surface area contributed by atoms with E-state index >= 15 is 0 Å². The van der Waals surface area contributed by atoms with Crippen LogP contribution in [-0.2, 0) is 0 Å². The summed E-state index contributed by atoms with van der Waals surface area (Å²) in [4.78, 5) is 29.2. The van der Waals surface area contributed by atoms with Gasteiger partial charge in [-0.2, -0.15) is 0 Å². The summed E-state index contributed by atoms with van der Waals surface area (Å²) in [5.74, 6) is 0.0429. The van der Waals surface area contributed by atoms with Crippen molar-refractivity contribution in [3.63, 3.8) is 0 Å². The summed E-state index contributed by atoms with van der Waals surface area (Å²) < 4.78 is 0. The fourth-order valence-corrected chi connectivity index (χ4v) is 5.37. The number of piperidine rings is 1. The molecular weight excluding hydrogens is 386 g/mol. The molecule has 0 aromatic heterocycles. The lowest BCUT2D eigenvalue weighted by molar-refractivity contribution is -0.384. The average Bonchev–Trinajstić information content (AvgIpc) is 2.76. The van der Waals surface area contributed by atoms with Gasteiger partial charge in [0.25, 0.3) is 11.6 Å². The van der Waals surface area contributed by atoms with Gasteiger partial charge in [-0.3, -0.25) is 14.9 Å². The number of amides is 1. The van der Waals surface area contributed by atoms with Gasteiger partial charge < -0.3 is 9.80 Å². The Morgan fingerprint density at radius 2 is 1.72 bits per heavy atom. The normalized spacial score (nSPS) is 19.8. The molecule has 0 radical (unpaired) electrons. The molecule has 152 valence electrons. The van der Waals surface area contributed by atoms with Crippen LogP contribution in [0.25, 0.3) is 0 Å². The number of nitro benzene ring substituents is 1. The minimum atomic E-state index is -0.394. The highest BCUT2D eigenvalue weighted by molar-refractivity contribution is 7.99. The van der Waals surface area contributed by atoms with E-state index in [0.29, 0.717) is 6.54 Å². The quantitative estimate of drug-likeness (QED) is 0.508. The Labute approximate surface area is 175 Å². The molecule has 29 heavy (non-hydrogen) atoms. The van der Waals surface area contributed by atoms with Gasteiger partial charge in [-0.25, -0.2) is 0 Å². The molecule has 4 rings (SSSR count). The van der Waals surface area contributed by atoms with E-state index in [1.165, 1.54) is 31.4 Å². The fourth-order valence-electron chi connectivity index (χ4n) is 4.07. The molecule has 2 heterocycles. The molecule has 1 saturated heterocycles. The van der Waals surface area contributed by atoms with Crippen molar-refractivity contribution in [2.75, 3.05) is 26.2 Å². The molecule has 0 saturated carbocycles. The first-order chi connectivity index (χ1) is 14.1. The minimum Gasteiger partial charge on any atom is -0.322 e. The molecule has 0 bridgehead atoms. The second-order valence-electron chi connectivity index (χ2n) is 7.57. The molecule has 2 aromatic carbocycles.